The van der Waals surface area contributed by atoms with Gasteiger partial charge in [0.1, 0.15) is 0 Å². The maximum absolute atomic E-state index is 5.99. The van der Waals surface area contributed by atoms with Crippen LogP contribution in [0.15, 0.2) is 18.2 Å². The van der Waals surface area contributed by atoms with Crippen molar-refractivity contribution in [1.82, 2.24) is 5.32 Å². The minimum absolute atomic E-state index is 0.227. The number of benzene rings is 1. The molecule has 106 valence electrons. The molecule has 1 aliphatic heterocycles. The smallest absolute Gasteiger partial charge is 0.231 e. The molecule has 2 rings (SSSR count). The molecule has 4 heteroatoms. The normalized spacial score (nSPS) is 14.9. The highest BCUT2D eigenvalue weighted by Gasteiger charge is 2.16. The van der Waals surface area contributed by atoms with E-state index < -0.39 is 0 Å². The number of likely N-dealkylation sites (N-methyl/N-ethyl adjacent to an activating group) is 1. The van der Waals surface area contributed by atoms with Gasteiger partial charge < -0.3 is 19.5 Å². The zero-order valence-corrected chi connectivity index (χ0v) is 11.9. The van der Waals surface area contributed by atoms with Gasteiger partial charge in [0.15, 0.2) is 11.5 Å². The Labute approximate surface area is 115 Å². The Morgan fingerprint density at radius 1 is 1.26 bits per heavy atom. The maximum atomic E-state index is 5.99. The van der Waals surface area contributed by atoms with E-state index in [0.29, 0.717) is 19.3 Å². The third-order valence-corrected chi connectivity index (χ3v) is 3.24. The second-order valence-corrected chi connectivity index (χ2v) is 5.09. The van der Waals surface area contributed by atoms with Crippen molar-refractivity contribution in [3.8, 4) is 11.5 Å². The van der Waals surface area contributed by atoms with E-state index in [-0.39, 0.29) is 6.10 Å². The van der Waals surface area contributed by atoms with E-state index in [1.807, 2.05) is 18.2 Å². The lowest BCUT2D eigenvalue weighted by molar-refractivity contribution is 0.0116. The van der Waals surface area contributed by atoms with Crippen LogP contribution in [0.5, 0.6) is 11.5 Å². The molecule has 0 saturated carbocycles. The van der Waals surface area contributed by atoms with Crippen molar-refractivity contribution in [2.45, 2.75) is 33.5 Å². The molecule has 0 amide bonds. The molecule has 19 heavy (non-hydrogen) atoms. The van der Waals surface area contributed by atoms with Crippen molar-refractivity contribution in [1.29, 1.82) is 0 Å². The van der Waals surface area contributed by atoms with Gasteiger partial charge in [0.05, 0.1) is 12.7 Å². The summed E-state index contributed by atoms with van der Waals surface area (Å²) in [4.78, 5) is 0. The summed E-state index contributed by atoms with van der Waals surface area (Å²) in [5.74, 6) is 2.12. The Bertz CT molecular complexity index is 406. The van der Waals surface area contributed by atoms with Crippen molar-refractivity contribution in [2.24, 2.45) is 5.92 Å². The molecule has 1 heterocycles. The number of fused-ring (bicyclic) bond motifs is 1. The summed E-state index contributed by atoms with van der Waals surface area (Å²) in [6.07, 6.45) is 0.227. The van der Waals surface area contributed by atoms with Crippen LogP contribution in [0.25, 0.3) is 0 Å². The van der Waals surface area contributed by atoms with E-state index in [4.69, 9.17) is 14.2 Å². The van der Waals surface area contributed by atoms with Gasteiger partial charge in [-0.2, -0.15) is 0 Å². The van der Waals surface area contributed by atoms with Crippen LogP contribution >= 0.6 is 0 Å². The van der Waals surface area contributed by atoms with E-state index in [0.717, 1.165) is 30.2 Å². The Hall–Kier alpha value is -1.26. The van der Waals surface area contributed by atoms with Crippen LogP contribution in [-0.4, -0.2) is 26.0 Å². The van der Waals surface area contributed by atoms with Gasteiger partial charge in [-0.3, -0.25) is 0 Å². The largest absolute Gasteiger partial charge is 0.454 e. The number of hydrogen-bond acceptors (Lipinski definition) is 4. The highest BCUT2D eigenvalue weighted by Crippen LogP contribution is 2.32. The Balaban J connectivity index is 1.89. The summed E-state index contributed by atoms with van der Waals surface area (Å²) in [5.41, 5.74) is 1.12. The number of rotatable bonds is 7. The number of nitrogens with one attached hydrogen (secondary N) is 1. The van der Waals surface area contributed by atoms with Crippen LogP contribution in [0, 0.1) is 5.92 Å². The zero-order valence-electron chi connectivity index (χ0n) is 11.9. The van der Waals surface area contributed by atoms with Crippen molar-refractivity contribution < 1.29 is 14.2 Å². The van der Waals surface area contributed by atoms with Crippen molar-refractivity contribution >= 4 is 0 Å². The second kappa shape index (κ2) is 6.78. The quantitative estimate of drug-likeness (QED) is 0.822. The fourth-order valence-corrected chi connectivity index (χ4v) is 2.01. The standard InChI is InChI=1S/C15H23NO3/c1-4-16-8-15(11(2)3)17-9-12-5-6-13-14(7-12)19-10-18-13/h5-7,11,15-16H,4,8-10H2,1-3H3. The average molecular weight is 265 g/mol. The third-order valence-electron chi connectivity index (χ3n) is 3.24. The molecule has 1 N–H and O–H groups in total. The minimum atomic E-state index is 0.227. The molecular weight excluding hydrogens is 242 g/mol. The lowest BCUT2D eigenvalue weighted by Gasteiger charge is -2.22. The lowest BCUT2D eigenvalue weighted by atomic mass is 10.1. The summed E-state index contributed by atoms with van der Waals surface area (Å²) in [5, 5.41) is 3.34. The molecule has 4 nitrogen and oxygen atoms in total. The van der Waals surface area contributed by atoms with Crippen LogP contribution in [0.1, 0.15) is 26.3 Å². The van der Waals surface area contributed by atoms with Crippen molar-refractivity contribution in [2.75, 3.05) is 19.9 Å². The first-order valence-corrected chi connectivity index (χ1v) is 6.91. The summed E-state index contributed by atoms with van der Waals surface area (Å²) in [6.45, 7) is 9.24. The van der Waals surface area contributed by atoms with Crippen LogP contribution in [0.4, 0.5) is 0 Å². The summed E-state index contributed by atoms with van der Waals surface area (Å²) >= 11 is 0. The van der Waals surface area contributed by atoms with Gasteiger partial charge in [-0.1, -0.05) is 26.8 Å². The molecule has 0 spiro atoms. The zero-order chi connectivity index (χ0) is 13.7. The Kier molecular flexibility index (Phi) is 5.05. The van der Waals surface area contributed by atoms with E-state index in [9.17, 15) is 0 Å². The molecule has 1 atom stereocenters. The highest BCUT2D eigenvalue weighted by atomic mass is 16.7. The van der Waals surface area contributed by atoms with Gasteiger partial charge in [0.2, 0.25) is 6.79 Å². The van der Waals surface area contributed by atoms with Crippen molar-refractivity contribution in [3.63, 3.8) is 0 Å². The Morgan fingerprint density at radius 2 is 2.05 bits per heavy atom. The van der Waals surface area contributed by atoms with Gasteiger partial charge in [-0.25, -0.2) is 0 Å². The highest BCUT2D eigenvalue weighted by molar-refractivity contribution is 5.44. The first-order chi connectivity index (χ1) is 9.20. The third kappa shape index (κ3) is 3.85. The van der Waals surface area contributed by atoms with Gasteiger partial charge in [-0.05, 0) is 30.2 Å². The molecule has 0 aromatic heterocycles. The molecule has 0 fully saturated rings. The van der Waals surface area contributed by atoms with E-state index in [2.05, 4.69) is 26.1 Å². The SMILES string of the molecule is CCNCC(OCc1ccc2c(c1)OCO2)C(C)C. The fraction of sp³-hybridized carbons (Fsp3) is 0.600. The Morgan fingerprint density at radius 3 is 2.79 bits per heavy atom. The van der Waals surface area contributed by atoms with Crippen LogP contribution < -0.4 is 14.8 Å². The van der Waals surface area contributed by atoms with Crippen LogP contribution in [0.3, 0.4) is 0 Å². The summed E-state index contributed by atoms with van der Waals surface area (Å²) < 4.78 is 16.7. The van der Waals surface area contributed by atoms with E-state index >= 15 is 0 Å². The molecule has 1 unspecified atom stereocenters. The summed E-state index contributed by atoms with van der Waals surface area (Å²) in [7, 11) is 0. The molecule has 0 bridgehead atoms. The number of hydrogen-bond donors (Lipinski definition) is 1. The fourth-order valence-electron chi connectivity index (χ4n) is 2.01. The monoisotopic (exact) mass is 265 g/mol. The molecule has 0 saturated heterocycles. The molecular formula is C15H23NO3. The maximum Gasteiger partial charge on any atom is 0.231 e. The van der Waals surface area contributed by atoms with Gasteiger partial charge >= 0.3 is 0 Å². The average Bonchev–Trinajstić information content (AvgIpc) is 2.85. The predicted molar refractivity (Wildman–Crippen MR) is 74.5 cm³/mol. The minimum Gasteiger partial charge on any atom is -0.454 e. The first kappa shape index (κ1) is 14.2. The van der Waals surface area contributed by atoms with Crippen LogP contribution in [-0.2, 0) is 11.3 Å². The molecule has 1 aromatic rings. The summed E-state index contributed by atoms with van der Waals surface area (Å²) in [6, 6.07) is 5.96. The number of ether oxygens (including phenoxy) is 3. The van der Waals surface area contributed by atoms with Crippen molar-refractivity contribution in [3.05, 3.63) is 23.8 Å². The van der Waals surface area contributed by atoms with Gasteiger partial charge in [0, 0.05) is 6.54 Å². The first-order valence-electron chi connectivity index (χ1n) is 6.91. The van der Waals surface area contributed by atoms with Gasteiger partial charge in [0.25, 0.3) is 0 Å². The van der Waals surface area contributed by atoms with E-state index in [1.54, 1.807) is 0 Å². The van der Waals surface area contributed by atoms with Gasteiger partial charge in [-0.15, -0.1) is 0 Å². The second-order valence-electron chi connectivity index (χ2n) is 5.09. The lowest BCUT2D eigenvalue weighted by Crippen LogP contribution is -2.32. The van der Waals surface area contributed by atoms with E-state index in [1.165, 1.54) is 0 Å². The van der Waals surface area contributed by atoms with Crippen LogP contribution in [0.2, 0.25) is 0 Å². The topological polar surface area (TPSA) is 39.7 Å². The predicted octanol–water partition coefficient (Wildman–Crippen LogP) is 2.57. The molecule has 1 aromatic carbocycles. The molecule has 0 radical (unpaired) electrons. The molecule has 0 aliphatic carbocycles. The molecule has 1 aliphatic rings.